The molecule has 4 heteroatoms. The van der Waals surface area contributed by atoms with Crippen LogP contribution < -0.4 is 5.32 Å². The van der Waals surface area contributed by atoms with E-state index in [4.69, 9.17) is 16.3 Å². The van der Waals surface area contributed by atoms with Gasteiger partial charge in [0.2, 0.25) is 0 Å². The summed E-state index contributed by atoms with van der Waals surface area (Å²) in [5.41, 5.74) is 1.19. The molecule has 0 spiro atoms. The van der Waals surface area contributed by atoms with E-state index < -0.39 is 0 Å². The van der Waals surface area contributed by atoms with Gasteiger partial charge in [0.1, 0.15) is 0 Å². The fourth-order valence-electron chi connectivity index (χ4n) is 1.46. The van der Waals surface area contributed by atoms with Crippen molar-refractivity contribution in [2.45, 2.75) is 6.10 Å². The molecule has 1 aromatic carbocycles. The summed E-state index contributed by atoms with van der Waals surface area (Å²) in [5.74, 6) is 0. The Morgan fingerprint density at radius 2 is 2.00 bits per heavy atom. The van der Waals surface area contributed by atoms with Crippen molar-refractivity contribution in [3.63, 3.8) is 0 Å². The quantitative estimate of drug-likeness (QED) is 0.805. The van der Waals surface area contributed by atoms with Crippen LogP contribution in [0, 0.1) is 0 Å². The highest BCUT2D eigenvalue weighted by Crippen LogP contribution is 2.20. The molecule has 2 nitrogen and oxygen atoms in total. The van der Waals surface area contributed by atoms with Gasteiger partial charge in [0.15, 0.2) is 0 Å². The van der Waals surface area contributed by atoms with Gasteiger partial charge in [-0.1, -0.05) is 23.7 Å². The summed E-state index contributed by atoms with van der Waals surface area (Å²) in [7, 11) is 0. The molecule has 1 aromatic rings. The molecule has 1 heterocycles. The van der Waals surface area contributed by atoms with Crippen molar-refractivity contribution in [2.75, 3.05) is 19.7 Å². The van der Waals surface area contributed by atoms with Gasteiger partial charge in [0.05, 0.1) is 12.7 Å². The molecular formula is C10H13Cl2NO. The third-order valence-corrected chi connectivity index (χ3v) is 2.42. The Morgan fingerprint density at radius 1 is 1.29 bits per heavy atom. The van der Waals surface area contributed by atoms with E-state index in [0.29, 0.717) is 0 Å². The van der Waals surface area contributed by atoms with Crippen molar-refractivity contribution in [2.24, 2.45) is 0 Å². The summed E-state index contributed by atoms with van der Waals surface area (Å²) in [6, 6.07) is 7.82. The number of halogens is 2. The predicted molar refractivity (Wildman–Crippen MR) is 60.3 cm³/mol. The van der Waals surface area contributed by atoms with Crippen molar-refractivity contribution in [1.29, 1.82) is 0 Å². The maximum atomic E-state index is 5.79. The van der Waals surface area contributed by atoms with Crippen LogP contribution in [0.3, 0.4) is 0 Å². The van der Waals surface area contributed by atoms with Gasteiger partial charge in [-0.15, -0.1) is 12.4 Å². The van der Waals surface area contributed by atoms with Crippen molar-refractivity contribution < 1.29 is 4.74 Å². The van der Waals surface area contributed by atoms with Gasteiger partial charge >= 0.3 is 0 Å². The van der Waals surface area contributed by atoms with E-state index in [1.807, 2.05) is 24.3 Å². The Bertz CT molecular complexity index is 270. The fraction of sp³-hybridized carbons (Fsp3) is 0.400. The van der Waals surface area contributed by atoms with E-state index in [1.54, 1.807) is 0 Å². The van der Waals surface area contributed by atoms with Crippen LogP contribution in [0.1, 0.15) is 11.7 Å². The van der Waals surface area contributed by atoms with Gasteiger partial charge in [-0.05, 0) is 17.7 Å². The van der Waals surface area contributed by atoms with Crippen LogP contribution in [0.5, 0.6) is 0 Å². The molecule has 78 valence electrons. The molecule has 0 aliphatic carbocycles. The molecule has 1 aliphatic heterocycles. The van der Waals surface area contributed by atoms with E-state index in [-0.39, 0.29) is 18.5 Å². The van der Waals surface area contributed by atoms with E-state index in [1.165, 1.54) is 5.56 Å². The van der Waals surface area contributed by atoms with Gasteiger partial charge in [0, 0.05) is 18.1 Å². The van der Waals surface area contributed by atoms with E-state index in [9.17, 15) is 0 Å². The average molecular weight is 234 g/mol. The maximum absolute atomic E-state index is 5.79. The standard InChI is InChI=1S/C10H12ClNO.ClH/c11-9-3-1-8(2-4-9)10-7-12-5-6-13-10;/h1-4,10,12H,5-7H2;1H/t10-;/m1./s1. The zero-order valence-corrected chi connectivity index (χ0v) is 9.27. The number of ether oxygens (including phenoxy) is 1. The topological polar surface area (TPSA) is 21.3 Å². The molecule has 2 rings (SSSR count). The first-order valence-electron chi connectivity index (χ1n) is 4.44. The highest BCUT2D eigenvalue weighted by atomic mass is 35.5. The molecule has 14 heavy (non-hydrogen) atoms. The van der Waals surface area contributed by atoms with Crippen LogP contribution in [0.2, 0.25) is 5.02 Å². The zero-order valence-electron chi connectivity index (χ0n) is 7.70. The largest absolute Gasteiger partial charge is 0.371 e. The second kappa shape index (κ2) is 5.56. The van der Waals surface area contributed by atoms with Crippen molar-refractivity contribution in [3.05, 3.63) is 34.9 Å². The first-order valence-corrected chi connectivity index (χ1v) is 4.82. The van der Waals surface area contributed by atoms with E-state index in [2.05, 4.69) is 5.32 Å². The van der Waals surface area contributed by atoms with Gasteiger partial charge in [-0.25, -0.2) is 0 Å². The second-order valence-corrected chi connectivity index (χ2v) is 3.55. The minimum absolute atomic E-state index is 0. The van der Waals surface area contributed by atoms with Gasteiger partial charge in [-0.2, -0.15) is 0 Å². The molecule has 0 unspecified atom stereocenters. The Hall–Kier alpha value is -0.280. The van der Waals surface area contributed by atoms with Crippen LogP contribution in [0.25, 0.3) is 0 Å². The summed E-state index contributed by atoms with van der Waals surface area (Å²) in [5, 5.41) is 4.06. The summed E-state index contributed by atoms with van der Waals surface area (Å²) >= 11 is 5.79. The molecular weight excluding hydrogens is 221 g/mol. The number of hydrogen-bond donors (Lipinski definition) is 1. The average Bonchev–Trinajstić information content (AvgIpc) is 2.20. The minimum atomic E-state index is 0. The van der Waals surface area contributed by atoms with Crippen LogP contribution >= 0.6 is 24.0 Å². The molecule has 1 fully saturated rings. The summed E-state index contributed by atoms with van der Waals surface area (Å²) in [4.78, 5) is 0. The lowest BCUT2D eigenvalue weighted by atomic mass is 10.1. The Balaban J connectivity index is 0.000000980. The van der Waals surface area contributed by atoms with E-state index in [0.717, 1.165) is 24.7 Å². The molecule has 1 saturated heterocycles. The lowest BCUT2D eigenvalue weighted by molar-refractivity contribution is 0.0277. The van der Waals surface area contributed by atoms with Crippen LogP contribution in [-0.2, 0) is 4.74 Å². The normalized spacial score (nSPS) is 21.4. The number of nitrogens with one attached hydrogen (secondary N) is 1. The second-order valence-electron chi connectivity index (χ2n) is 3.12. The maximum Gasteiger partial charge on any atom is 0.0949 e. The predicted octanol–water partition coefficient (Wildman–Crippen LogP) is 2.42. The SMILES string of the molecule is Cl.Clc1ccc([C@H]2CNCCO2)cc1. The summed E-state index contributed by atoms with van der Waals surface area (Å²) in [6.45, 7) is 2.62. The molecule has 0 radical (unpaired) electrons. The number of benzene rings is 1. The number of rotatable bonds is 1. The Kier molecular flexibility index (Phi) is 4.69. The van der Waals surface area contributed by atoms with Crippen molar-refractivity contribution >= 4 is 24.0 Å². The van der Waals surface area contributed by atoms with Gasteiger partial charge in [-0.3, -0.25) is 0 Å². The highest BCUT2D eigenvalue weighted by Gasteiger charge is 2.14. The molecule has 0 saturated carbocycles. The lowest BCUT2D eigenvalue weighted by Gasteiger charge is -2.23. The Labute approximate surface area is 95.0 Å². The molecule has 1 atom stereocenters. The Morgan fingerprint density at radius 3 is 2.57 bits per heavy atom. The number of hydrogen-bond acceptors (Lipinski definition) is 2. The highest BCUT2D eigenvalue weighted by molar-refractivity contribution is 6.30. The van der Waals surface area contributed by atoms with Crippen molar-refractivity contribution in [1.82, 2.24) is 5.32 Å². The van der Waals surface area contributed by atoms with E-state index >= 15 is 0 Å². The van der Waals surface area contributed by atoms with Crippen molar-refractivity contribution in [3.8, 4) is 0 Å². The van der Waals surface area contributed by atoms with Gasteiger partial charge in [0.25, 0.3) is 0 Å². The first-order chi connectivity index (χ1) is 6.36. The van der Waals surface area contributed by atoms with Crippen LogP contribution in [0.4, 0.5) is 0 Å². The first kappa shape index (κ1) is 11.8. The lowest BCUT2D eigenvalue weighted by Crippen LogP contribution is -2.33. The van der Waals surface area contributed by atoms with Crippen LogP contribution in [-0.4, -0.2) is 19.7 Å². The molecule has 0 bridgehead atoms. The summed E-state index contributed by atoms with van der Waals surface area (Å²) < 4.78 is 5.60. The van der Waals surface area contributed by atoms with Gasteiger partial charge < -0.3 is 10.1 Å². The minimum Gasteiger partial charge on any atom is -0.371 e. The molecule has 0 amide bonds. The fourth-order valence-corrected chi connectivity index (χ4v) is 1.58. The molecule has 1 aliphatic rings. The third kappa shape index (κ3) is 2.85. The molecule has 1 N–H and O–H groups in total. The monoisotopic (exact) mass is 233 g/mol. The van der Waals surface area contributed by atoms with Crippen LogP contribution in [0.15, 0.2) is 24.3 Å². The smallest absolute Gasteiger partial charge is 0.0949 e. The number of morpholine rings is 1. The zero-order chi connectivity index (χ0) is 9.10. The third-order valence-electron chi connectivity index (χ3n) is 2.17. The summed E-state index contributed by atoms with van der Waals surface area (Å²) in [6.07, 6.45) is 0.186. The molecule has 0 aromatic heterocycles.